The number of carbonyl (C=O) groups excluding carboxylic acids is 1. The molecule has 0 amide bonds. The van der Waals surface area contributed by atoms with Gasteiger partial charge in [0.15, 0.2) is 11.9 Å². The van der Waals surface area contributed by atoms with E-state index < -0.39 is 11.3 Å². The van der Waals surface area contributed by atoms with E-state index in [1.54, 1.807) is 30.3 Å². The van der Waals surface area contributed by atoms with Crippen LogP contribution in [0.25, 0.3) is 11.0 Å². The van der Waals surface area contributed by atoms with Gasteiger partial charge in [0.05, 0.1) is 7.11 Å². The largest absolute Gasteiger partial charge is 0.485 e. The number of benzene rings is 1. The average Bonchev–Trinajstić information content (AvgIpc) is 2.99. The van der Waals surface area contributed by atoms with E-state index in [2.05, 4.69) is 20.0 Å². The van der Waals surface area contributed by atoms with Crippen molar-refractivity contribution in [3.8, 4) is 0 Å². The summed E-state index contributed by atoms with van der Waals surface area (Å²) in [5, 5.41) is 7.34. The van der Waals surface area contributed by atoms with Crippen molar-refractivity contribution in [2.45, 2.75) is 0 Å². The maximum Gasteiger partial charge on any atom is 0.304 e. The Balaban J connectivity index is 2.11. The molecule has 8 heteroatoms. The normalized spacial score (nSPS) is 11.1. The van der Waals surface area contributed by atoms with E-state index in [1.807, 2.05) is 0 Å². The molecular formula is C14H10N4O4. The van der Waals surface area contributed by atoms with Gasteiger partial charge in [0.25, 0.3) is 0 Å². The molecule has 3 aromatic rings. The van der Waals surface area contributed by atoms with Gasteiger partial charge in [-0.3, -0.25) is 9.59 Å². The van der Waals surface area contributed by atoms with Gasteiger partial charge in [-0.05, 0) is 0 Å². The van der Waals surface area contributed by atoms with Crippen LogP contribution in [0.2, 0.25) is 0 Å². The average molecular weight is 298 g/mol. The molecule has 0 aliphatic carbocycles. The number of carbonyl (C=O) groups is 1. The molecule has 110 valence electrons. The van der Waals surface area contributed by atoms with Crippen LogP contribution in [0.1, 0.15) is 16.1 Å². The Kier molecular flexibility index (Phi) is 3.48. The standard InChI is InChI=1S/C14H10N4O4/c1-21-8-16-18-7-15-10-11(14(18)20)17-22-13(10)12(19)9-5-3-2-4-6-9/h2-8H,1H3/b16-8+. The number of hydrogen-bond donors (Lipinski definition) is 0. The molecule has 0 N–H and O–H groups in total. The van der Waals surface area contributed by atoms with Crippen LogP contribution in [0.15, 0.2) is 51.1 Å². The van der Waals surface area contributed by atoms with Gasteiger partial charge in [-0.15, -0.1) is 5.10 Å². The van der Waals surface area contributed by atoms with Crippen LogP contribution in [0.3, 0.4) is 0 Å². The number of nitrogens with zero attached hydrogens (tertiary/aromatic N) is 4. The molecule has 0 aliphatic rings. The van der Waals surface area contributed by atoms with Gasteiger partial charge < -0.3 is 9.26 Å². The van der Waals surface area contributed by atoms with E-state index in [9.17, 15) is 9.59 Å². The lowest BCUT2D eigenvalue weighted by Crippen LogP contribution is -2.17. The topological polar surface area (TPSA) is 99.6 Å². The van der Waals surface area contributed by atoms with Crippen LogP contribution >= 0.6 is 0 Å². The summed E-state index contributed by atoms with van der Waals surface area (Å²) >= 11 is 0. The van der Waals surface area contributed by atoms with Gasteiger partial charge in [0, 0.05) is 5.56 Å². The minimum Gasteiger partial charge on any atom is -0.485 e. The van der Waals surface area contributed by atoms with E-state index in [0.29, 0.717) is 5.56 Å². The van der Waals surface area contributed by atoms with Crippen molar-refractivity contribution >= 4 is 23.2 Å². The van der Waals surface area contributed by atoms with Gasteiger partial charge in [-0.25, -0.2) is 4.98 Å². The Bertz CT molecular complexity index is 911. The van der Waals surface area contributed by atoms with Crippen molar-refractivity contribution in [1.29, 1.82) is 0 Å². The lowest BCUT2D eigenvalue weighted by molar-refractivity contribution is 0.100. The molecule has 0 radical (unpaired) electrons. The van der Waals surface area contributed by atoms with Gasteiger partial charge in [-0.1, -0.05) is 35.5 Å². The Hall–Kier alpha value is -3.29. The molecule has 2 aromatic heterocycles. The summed E-state index contributed by atoms with van der Waals surface area (Å²) in [4.78, 5) is 28.5. The van der Waals surface area contributed by atoms with Gasteiger partial charge in [-0.2, -0.15) is 4.68 Å². The third-order valence-corrected chi connectivity index (χ3v) is 2.89. The zero-order valence-corrected chi connectivity index (χ0v) is 11.5. The van der Waals surface area contributed by atoms with E-state index >= 15 is 0 Å². The molecule has 0 aliphatic heterocycles. The highest BCUT2D eigenvalue weighted by Gasteiger charge is 2.21. The molecule has 1 aromatic carbocycles. The monoisotopic (exact) mass is 298 g/mol. The number of fused-ring (bicyclic) bond motifs is 1. The van der Waals surface area contributed by atoms with Crippen LogP contribution in [0.4, 0.5) is 0 Å². The van der Waals surface area contributed by atoms with Gasteiger partial charge in [0.1, 0.15) is 11.8 Å². The smallest absolute Gasteiger partial charge is 0.304 e. The highest BCUT2D eigenvalue weighted by Crippen LogP contribution is 2.16. The number of methoxy groups -OCH3 is 1. The second-order valence-electron chi connectivity index (χ2n) is 4.25. The minimum absolute atomic E-state index is 0.0740. The molecule has 0 saturated heterocycles. The maximum atomic E-state index is 12.4. The number of rotatable bonds is 4. The van der Waals surface area contributed by atoms with Crippen LogP contribution in [0, 0.1) is 0 Å². The fraction of sp³-hybridized carbons (Fsp3) is 0.0714. The van der Waals surface area contributed by atoms with Crippen molar-refractivity contribution in [2.24, 2.45) is 5.10 Å². The number of ketones is 1. The number of hydrogen-bond acceptors (Lipinski definition) is 7. The molecular weight excluding hydrogens is 288 g/mol. The Morgan fingerprint density at radius 2 is 2.09 bits per heavy atom. The second-order valence-corrected chi connectivity index (χ2v) is 4.25. The summed E-state index contributed by atoms with van der Waals surface area (Å²) in [5.41, 5.74) is -0.115. The molecule has 0 unspecified atom stereocenters. The molecule has 0 bridgehead atoms. The maximum absolute atomic E-state index is 12.4. The summed E-state index contributed by atoms with van der Waals surface area (Å²) in [6, 6.07) is 8.53. The first-order chi connectivity index (χ1) is 10.7. The lowest BCUT2D eigenvalue weighted by Gasteiger charge is -1.97. The van der Waals surface area contributed by atoms with Crippen LogP contribution in [-0.2, 0) is 4.74 Å². The van der Waals surface area contributed by atoms with E-state index in [4.69, 9.17) is 4.52 Å². The summed E-state index contributed by atoms with van der Waals surface area (Å²) < 4.78 is 10.6. The van der Waals surface area contributed by atoms with Crippen molar-refractivity contribution in [3.63, 3.8) is 0 Å². The Morgan fingerprint density at radius 1 is 1.32 bits per heavy atom. The molecule has 8 nitrogen and oxygen atoms in total. The van der Waals surface area contributed by atoms with Gasteiger partial charge in [0.2, 0.25) is 11.5 Å². The SMILES string of the molecule is CO/C=N/n1cnc2c(C(=O)c3ccccc3)onc2c1=O. The summed E-state index contributed by atoms with van der Waals surface area (Å²) in [6.07, 6.45) is 2.24. The number of ether oxygens (including phenoxy) is 1. The molecule has 2 heterocycles. The fourth-order valence-corrected chi connectivity index (χ4v) is 1.87. The Labute approximate surface area is 123 Å². The molecule has 0 spiro atoms. The molecule has 0 fully saturated rings. The molecule has 0 atom stereocenters. The Morgan fingerprint density at radius 3 is 2.82 bits per heavy atom. The first-order valence-electron chi connectivity index (χ1n) is 6.24. The summed E-state index contributed by atoms with van der Waals surface area (Å²) in [5.74, 6) is -0.477. The van der Waals surface area contributed by atoms with Crippen molar-refractivity contribution in [2.75, 3.05) is 7.11 Å². The fourth-order valence-electron chi connectivity index (χ4n) is 1.87. The van der Waals surface area contributed by atoms with E-state index in [-0.39, 0.29) is 16.8 Å². The van der Waals surface area contributed by atoms with E-state index in [1.165, 1.54) is 13.4 Å². The van der Waals surface area contributed by atoms with Crippen LogP contribution < -0.4 is 5.56 Å². The van der Waals surface area contributed by atoms with Gasteiger partial charge >= 0.3 is 5.56 Å². The van der Waals surface area contributed by atoms with Crippen molar-refractivity contribution in [3.05, 3.63) is 58.3 Å². The predicted molar refractivity (Wildman–Crippen MR) is 76.8 cm³/mol. The highest BCUT2D eigenvalue weighted by molar-refractivity contribution is 6.12. The quantitative estimate of drug-likeness (QED) is 0.405. The third-order valence-electron chi connectivity index (χ3n) is 2.89. The zero-order valence-electron chi connectivity index (χ0n) is 11.5. The third kappa shape index (κ3) is 2.26. The zero-order chi connectivity index (χ0) is 15.5. The van der Waals surface area contributed by atoms with Crippen LogP contribution in [0.5, 0.6) is 0 Å². The predicted octanol–water partition coefficient (Wildman–Crippen LogP) is 1.05. The molecule has 0 saturated carbocycles. The van der Waals surface area contributed by atoms with Crippen molar-refractivity contribution in [1.82, 2.24) is 14.8 Å². The second kappa shape index (κ2) is 5.60. The summed E-state index contributed by atoms with van der Waals surface area (Å²) in [7, 11) is 1.40. The minimum atomic E-state index is -0.561. The first kappa shape index (κ1) is 13.7. The summed E-state index contributed by atoms with van der Waals surface area (Å²) in [6.45, 7) is 0. The highest BCUT2D eigenvalue weighted by atomic mass is 16.5. The molecule has 22 heavy (non-hydrogen) atoms. The van der Waals surface area contributed by atoms with Crippen molar-refractivity contribution < 1.29 is 14.1 Å². The number of aromatic nitrogens is 3. The lowest BCUT2D eigenvalue weighted by atomic mass is 10.1. The first-order valence-corrected chi connectivity index (χ1v) is 6.24. The van der Waals surface area contributed by atoms with Crippen LogP contribution in [-0.4, -0.2) is 34.1 Å². The van der Waals surface area contributed by atoms with E-state index in [0.717, 1.165) is 11.1 Å². The molecule has 3 rings (SSSR count).